The Labute approximate surface area is 125 Å². The lowest BCUT2D eigenvalue weighted by Crippen LogP contribution is -2.17. The van der Waals surface area contributed by atoms with Crippen LogP contribution < -0.4 is 5.32 Å². The van der Waals surface area contributed by atoms with Crippen molar-refractivity contribution in [3.05, 3.63) is 49.3 Å². The van der Waals surface area contributed by atoms with Crippen molar-refractivity contribution in [3.63, 3.8) is 0 Å². The standard InChI is InChI=1S/C13H14BrClN2S/c1-9-17-12(8-18-9)4-5-16-7-10-2-3-11(15)6-13(10)14/h2-3,6,8,16H,4-5,7H2,1H3. The summed E-state index contributed by atoms with van der Waals surface area (Å²) in [6, 6.07) is 5.86. The molecule has 0 bridgehead atoms. The second-order valence-corrected chi connectivity index (χ2v) is 6.37. The minimum atomic E-state index is 0.753. The van der Waals surface area contributed by atoms with Crippen molar-refractivity contribution in [2.45, 2.75) is 19.9 Å². The third-order valence-corrected chi connectivity index (χ3v) is 4.35. The van der Waals surface area contributed by atoms with Gasteiger partial charge < -0.3 is 5.32 Å². The molecule has 0 aliphatic carbocycles. The molecule has 18 heavy (non-hydrogen) atoms. The number of nitrogens with one attached hydrogen (secondary N) is 1. The first-order valence-corrected chi connectivity index (χ1v) is 7.76. The van der Waals surface area contributed by atoms with E-state index in [9.17, 15) is 0 Å². The Bertz CT molecular complexity index is 527. The number of benzene rings is 1. The lowest BCUT2D eigenvalue weighted by molar-refractivity contribution is 0.679. The molecule has 2 nitrogen and oxygen atoms in total. The minimum absolute atomic E-state index is 0.753. The van der Waals surface area contributed by atoms with Gasteiger partial charge in [-0.05, 0) is 24.6 Å². The van der Waals surface area contributed by atoms with E-state index in [-0.39, 0.29) is 0 Å². The van der Waals surface area contributed by atoms with Crippen LogP contribution in [0.5, 0.6) is 0 Å². The Morgan fingerprint density at radius 1 is 1.44 bits per heavy atom. The van der Waals surface area contributed by atoms with Crippen molar-refractivity contribution in [3.8, 4) is 0 Å². The Balaban J connectivity index is 1.78. The molecule has 5 heteroatoms. The van der Waals surface area contributed by atoms with E-state index in [1.807, 2.05) is 25.1 Å². The van der Waals surface area contributed by atoms with Gasteiger partial charge in [0.15, 0.2) is 0 Å². The Morgan fingerprint density at radius 2 is 2.28 bits per heavy atom. The van der Waals surface area contributed by atoms with Crippen LogP contribution in [0.15, 0.2) is 28.1 Å². The largest absolute Gasteiger partial charge is 0.312 e. The molecule has 0 atom stereocenters. The summed E-state index contributed by atoms with van der Waals surface area (Å²) in [7, 11) is 0. The number of thiazole rings is 1. The fourth-order valence-electron chi connectivity index (χ4n) is 1.63. The van der Waals surface area contributed by atoms with Crippen molar-refractivity contribution in [2.24, 2.45) is 0 Å². The van der Waals surface area contributed by atoms with Crippen LogP contribution in [0.1, 0.15) is 16.3 Å². The van der Waals surface area contributed by atoms with Crippen molar-refractivity contribution < 1.29 is 0 Å². The molecule has 2 rings (SSSR count). The molecular formula is C13H14BrClN2S. The zero-order valence-corrected chi connectivity index (χ0v) is 13.2. The first kappa shape index (κ1) is 14.0. The number of aryl methyl sites for hydroxylation is 1. The molecule has 0 spiro atoms. The number of hydrogen-bond acceptors (Lipinski definition) is 3. The quantitative estimate of drug-likeness (QED) is 0.822. The van der Waals surface area contributed by atoms with Crippen LogP contribution in [0.25, 0.3) is 0 Å². The molecule has 1 heterocycles. The van der Waals surface area contributed by atoms with E-state index in [0.29, 0.717) is 0 Å². The van der Waals surface area contributed by atoms with E-state index in [0.717, 1.165) is 34.0 Å². The van der Waals surface area contributed by atoms with Gasteiger partial charge in [-0.1, -0.05) is 33.6 Å². The van der Waals surface area contributed by atoms with E-state index < -0.39 is 0 Å². The van der Waals surface area contributed by atoms with Gasteiger partial charge in [0.05, 0.1) is 10.7 Å². The molecule has 0 saturated carbocycles. The highest BCUT2D eigenvalue weighted by Crippen LogP contribution is 2.21. The lowest BCUT2D eigenvalue weighted by Gasteiger charge is -2.06. The fourth-order valence-corrected chi connectivity index (χ4v) is 3.10. The van der Waals surface area contributed by atoms with Crippen LogP contribution in [0, 0.1) is 6.92 Å². The summed E-state index contributed by atoms with van der Waals surface area (Å²) in [4.78, 5) is 4.44. The molecule has 96 valence electrons. The lowest BCUT2D eigenvalue weighted by atomic mass is 10.2. The molecule has 0 fully saturated rings. The molecule has 0 unspecified atom stereocenters. The maximum absolute atomic E-state index is 5.90. The Kier molecular flexibility index (Phi) is 5.18. The summed E-state index contributed by atoms with van der Waals surface area (Å²) < 4.78 is 1.05. The van der Waals surface area contributed by atoms with Gasteiger partial charge in [-0.25, -0.2) is 4.98 Å². The predicted octanol–water partition coefficient (Wildman–Crippen LogP) is 4.20. The van der Waals surface area contributed by atoms with Crippen LogP contribution in [0.2, 0.25) is 5.02 Å². The summed E-state index contributed by atoms with van der Waals surface area (Å²) >= 11 is 11.1. The molecule has 1 aromatic heterocycles. The monoisotopic (exact) mass is 344 g/mol. The molecule has 1 N–H and O–H groups in total. The van der Waals surface area contributed by atoms with Crippen LogP contribution in [-0.4, -0.2) is 11.5 Å². The normalized spacial score (nSPS) is 10.8. The van der Waals surface area contributed by atoms with Gasteiger partial charge in [-0.2, -0.15) is 0 Å². The first-order chi connectivity index (χ1) is 8.65. The highest BCUT2D eigenvalue weighted by atomic mass is 79.9. The van der Waals surface area contributed by atoms with Gasteiger partial charge in [0.1, 0.15) is 0 Å². The molecule has 0 radical (unpaired) electrons. The van der Waals surface area contributed by atoms with Crippen LogP contribution in [-0.2, 0) is 13.0 Å². The van der Waals surface area contributed by atoms with Crippen molar-refractivity contribution in [2.75, 3.05) is 6.54 Å². The fraction of sp³-hybridized carbons (Fsp3) is 0.308. The van der Waals surface area contributed by atoms with Gasteiger partial charge in [-0.15, -0.1) is 11.3 Å². The third-order valence-electron chi connectivity index (χ3n) is 2.56. The molecular weight excluding hydrogens is 332 g/mol. The molecule has 1 aromatic carbocycles. The minimum Gasteiger partial charge on any atom is -0.312 e. The second-order valence-electron chi connectivity index (χ2n) is 4.02. The van der Waals surface area contributed by atoms with Gasteiger partial charge in [0.2, 0.25) is 0 Å². The van der Waals surface area contributed by atoms with E-state index >= 15 is 0 Å². The maximum atomic E-state index is 5.90. The smallest absolute Gasteiger partial charge is 0.0897 e. The third kappa shape index (κ3) is 4.05. The van der Waals surface area contributed by atoms with Crippen LogP contribution in [0.3, 0.4) is 0 Å². The summed E-state index contributed by atoms with van der Waals surface area (Å²) in [6.45, 7) is 3.80. The number of aromatic nitrogens is 1. The zero-order valence-electron chi connectivity index (χ0n) is 10.0. The van der Waals surface area contributed by atoms with Gasteiger partial charge in [0.25, 0.3) is 0 Å². The highest BCUT2D eigenvalue weighted by molar-refractivity contribution is 9.10. The molecule has 2 aromatic rings. The highest BCUT2D eigenvalue weighted by Gasteiger charge is 2.01. The van der Waals surface area contributed by atoms with Crippen molar-refractivity contribution in [1.29, 1.82) is 0 Å². The number of nitrogens with zero attached hydrogens (tertiary/aromatic N) is 1. The van der Waals surface area contributed by atoms with E-state index in [1.54, 1.807) is 11.3 Å². The van der Waals surface area contributed by atoms with Gasteiger partial charge in [-0.3, -0.25) is 0 Å². The SMILES string of the molecule is Cc1nc(CCNCc2ccc(Cl)cc2Br)cs1. The van der Waals surface area contributed by atoms with Gasteiger partial charge >= 0.3 is 0 Å². The molecule has 0 amide bonds. The summed E-state index contributed by atoms with van der Waals surface area (Å²) in [6.07, 6.45) is 0.968. The van der Waals surface area contributed by atoms with Crippen LogP contribution in [0.4, 0.5) is 0 Å². The molecule has 0 saturated heterocycles. The summed E-state index contributed by atoms with van der Waals surface area (Å²) in [5, 5.41) is 7.41. The van der Waals surface area contributed by atoms with Gasteiger partial charge in [0, 0.05) is 34.4 Å². The predicted molar refractivity (Wildman–Crippen MR) is 81.4 cm³/mol. The number of halogens is 2. The topological polar surface area (TPSA) is 24.9 Å². The Hall–Kier alpha value is -0.420. The van der Waals surface area contributed by atoms with E-state index in [2.05, 4.69) is 31.6 Å². The van der Waals surface area contributed by atoms with Crippen molar-refractivity contribution in [1.82, 2.24) is 10.3 Å². The maximum Gasteiger partial charge on any atom is 0.0897 e. The zero-order chi connectivity index (χ0) is 13.0. The number of hydrogen-bond donors (Lipinski definition) is 1. The average Bonchev–Trinajstić information content (AvgIpc) is 2.73. The van der Waals surface area contributed by atoms with E-state index in [1.165, 1.54) is 11.3 Å². The summed E-state index contributed by atoms with van der Waals surface area (Å²) in [5.74, 6) is 0. The first-order valence-electron chi connectivity index (χ1n) is 5.71. The van der Waals surface area contributed by atoms with Crippen molar-refractivity contribution >= 4 is 38.9 Å². The molecule has 0 aliphatic rings. The Morgan fingerprint density at radius 3 is 2.94 bits per heavy atom. The number of rotatable bonds is 5. The molecule has 0 aliphatic heterocycles. The van der Waals surface area contributed by atoms with Crippen LogP contribution >= 0.6 is 38.9 Å². The summed E-state index contributed by atoms with van der Waals surface area (Å²) in [5.41, 5.74) is 2.38. The second kappa shape index (κ2) is 6.66. The average molecular weight is 346 g/mol. The van der Waals surface area contributed by atoms with E-state index in [4.69, 9.17) is 11.6 Å².